The Morgan fingerprint density at radius 1 is 1.00 bits per heavy atom. The van der Waals surface area contributed by atoms with Crippen molar-refractivity contribution < 1.29 is 19.1 Å². The largest absolute Gasteiger partial charge is 0.377 e. The summed E-state index contributed by atoms with van der Waals surface area (Å²) in [6, 6.07) is -0.239. The lowest BCUT2D eigenvalue weighted by Gasteiger charge is -2.08. The number of urea groups is 1. The molecule has 0 saturated heterocycles. The molecular formula is C13H25N3O4. The topological polar surface area (TPSA) is 88.7 Å². The lowest BCUT2D eigenvalue weighted by Crippen LogP contribution is -2.37. The Labute approximate surface area is 120 Å². The smallest absolute Gasteiger partial charge is 0.315 e. The minimum absolute atomic E-state index is 0.0191. The number of ether oxygens (including phenoxy) is 2. The molecule has 0 radical (unpaired) electrons. The third-order valence-electron chi connectivity index (χ3n) is 2.20. The molecule has 0 spiro atoms. The third-order valence-corrected chi connectivity index (χ3v) is 2.20. The van der Waals surface area contributed by atoms with Crippen molar-refractivity contribution in [3.05, 3.63) is 12.7 Å². The fourth-order valence-corrected chi connectivity index (χ4v) is 1.17. The highest BCUT2D eigenvalue weighted by Gasteiger charge is 1.97. The molecule has 0 bridgehead atoms. The van der Waals surface area contributed by atoms with Gasteiger partial charge in [0.2, 0.25) is 5.91 Å². The van der Waals surface area contributed by atoms with Gasteiger partial charge in [-0.2, -0.15) is 0 Å². The summed E-state index contributed by atoms with van der Waals surface area (Å²) in [4.78, 5) is 22.0. The number of hydrogen-bond acceptors (Lipinski definition) is 4. The molecule has 7 heteroatoms. The molecule has 20 heavy (non-hydrogen) atoms. The monoisotopic (exact) mass is 287 g/mol. The Hall–Kier alpha value is -1.60. The molecule has 0 aromatic rings. The number of hydrogen-bond donors (Lipinski definition) is 3. The molecule has 3 amide bonds. The molecule has 0 atom stereocenters. The van der Waals surface area contributed by atoms with Gasteiger partial charge in [-0.25, -0.2) is 4.79 Å². The zero-order valence-electron chi connectivity index (χ0n) is 12.1. The van der Waals surface area contributed by atoms with Crippen LogP contribution in [0.15, 0.2) is 12.7 Å². The van der Waals surface area contributed by atoms with Crippen LogP contribution in [0.1, 0.15) is 13.3 Å². The van der Waals surface area contributed by atoms with Gasteiger partial charge in [0.15, 0.2) is 0 Å². The molecule has 0 saturated carbocycles. The fourth-order valence-electron chi connectivity index (χ4n) is 1.17. The fraction of sp³-hybridized carbons (Fsp3) is 0.692. The average Bonchev–Trinajstić information content (AvgIpc) is 2.46. The van der Waals surface area contributed by atoms with Gasteiger partial charge in [0.1, 0.15) is 0 Å². The second-order valence-corrected chi connectivity index (χ2v) is 3.85. The van der Waals surface area contributed by atoms with E-state index in [1.54, 1.807) is 13.0 Å². The Bertz CT molecular complexity index is 285. The highest BCUT2D eigenvalue weighted by atomic mass is 16.5. The highest BCUT2D eigenvalue weighted by molar-refractivity contribution is 5.75. The van der Waals surface area contributed by atoms with Gasteiger partial charge in [0.25, 0.3) is 0 Å². The normalized spacial score (nSPS) is 9.85. The first kappa shape index (κ1) is 18.4. The summed E-state index contributed by atoms with van der Waals surface area (Å²) < 4.78 is 10.5. The summed E-state index contributed by atoms with van der Waals surface area (Å²) in [6.45, 7) is 8.50. The van der Waals surface area contributed by atoms with Crippen LogP contribution in [-0.2, 0) is 14.3 Å². The van der Waals surface area contributed by atoms with Crippen LogP contribution in [0.25, 0.3) is 0 Å². The lowest BCUT2D eigenvalue weighted by molar-refractivity contribution is -0.121. The first-order chi connectivity index (χ1) is 9.70. The Morgan fingerprint density at radius 3 is 2.15 bits per heavy atom. The standard InChI is InChI=1S/C13H25N3O4/c1-3-5-15-13(18)16-7-9-20-11-10-19-8-6-14-12(17)4-2/h3H,1,4-11H2,2H3,(H,14,17)(H2,15,16,18). The number of amides is 3. The van der Waals surface area contributed by atoms with Gasteiger partial charge in [-0.15, -0.1) is 6.58 Å². The second-order valence-electron chi connectivity index (χ2n) is 3.85. The Kier molecular flexibility index (Phi) is 12.7. The SMILES string of the molecule is C=CCNC(=O)NCCOCCOCCNC(=O)CC. The summed E-state index contributed by atoms with van der Waals surface area (Å²) in [6.07, 6.45) is 2.09. The number of carbonyl (C=O) groups is 2. The van der Waals surface area contributed by atoms with Crippen LogP contribution < -0.4 is 16.0 Å². The second kappa shape index (κ2) is 13.8. The van der Waals surface area contributed by atoms with Crippen LogP contribution >= 0.6 is 0 Å². The number of rotatable bonds is 12. The van der Waals surface area contributed by atoms with E-state index in [1.165, 1.54) is 0 Å². The van der Waals surface area contributed by atoms with Gasteiger partial charge in [-0.05, 0) is 0 Å². The molecule has 7 nitrogen and oxygen atoms in total. The Morgan fingerprint density at radius 2 is 1.60 bits per heavy atom. The summed E-state index contributed by atoms with van der Waals surface area (Å²) in [5, 5.41) is 7.93. The van der Waals surface area contributed by atoms with Crippen molar-refractivity contribution in [1.82, 2.24) is 16.0 Å². The van der Waals surface area contributed by atoms with E-state index in [0.717, 1.165) is 0 Å². The van der Waals surface area contributed by atoms with Crippen LogP contribution in [0.2, 0.25) is 0 Å². The van der Waals surface area contributed by atoms with Crippen molar-refractivity contribution in [1.29, 1.82) is 0 Å². The minimum atomic E-state index is -0.239. The molecule has 0 aliphatic rings. The Balaban J connectivity index is 3.15. The van der Waals surface area contributed by atoms with Crippen LogP contribution in [0.4, 0.5) is 4.79 Å². The zero-order valence-corrected chi connectivity index (χ0v) is 12.1. The molecule has 0 rings (SSSR count). The van der Waals surface area contributed by atoms with Crippen molar-refractivity contribution in [3.63, 3.8) is 0 Å². The van der Waals surface area contributed by atoms with Gasteiger partial charge in [0.05, 0.1) is 26.4 Å². The summed E-state index contributed by atoms with van der Waals surface area (Å²) in [7, 11) is 0. The molecule has 0 aliphatic carbocycles. The number of carbonyl (C=O) groups excluding carboxylic acids is 2. The maximum Gasteiger partial charge on any atom is 0.315 e. The van der Waals surface area contributed by atoms with E-state index >= 15 is 0 Å². The van der Waals surface area contributed by atoms with E-state index in [2.05, 4.69) is 22.5 Å². The average molecular weight is 287 g/mol. The van der Waals surface area contributed by atoms with Gasteiger partial charge < -0.3 is 25.4 Å². The van der Waals surface area contributed by atoms with Gasteiger partial charge in [0, 0.05) is 26.1 Å². The minimum Gasteiger partial charge on any atom is -0.377 e. The molecule has 0 fully saturated rings. The molecular weight excluding hydrogens is 262 g/mol. The van der Waals surface area contributed by atoms with Crippen LogP contribution in [0.3, 0.4) is 0 Å². The summed E-state index contributed by atoms with van der Waals surface area (Å²) in [5.74, 6) is 0.0191. The van der Waals surface area contributed by atoms with E-state index in [-0.39, 0.29) is 11.9 Å². The molecule has 0 unspecified atom stereocenters. The maximum absolute atomic E-state index is 11.1. The van der Waals surface area contributed by atoms with Crippen LogP contribution in [0.5, 0.6) is 0 Å². The highest BCUT2D eigenvalue weighted by Crippen LogP contribution is 1.79. The van der Waals surface area contributed by atoms with E-state index in [0.29, 0.717) is 52.5 Å². The molecule has 0 aliphatic heterocycles. The van der Waals surface area contributed by atoms with E-state index in [9.17, 15) is 9.59 Å². The third kappa shape index (κ3) is 12.8. The predicted octanol–water partition coefficient (Wildman–Crippen LogP) is 0.0310. The molecule has 3 N–H and O–H groups in total. The van der Waals surface area contributed by atoms with Gasteiger partial charge in [-0.1, -0.05) is 13.0 Å². The first-order valence-corrected chi connectivity index (χ1v) is 6.75. The predicted molar refractivity (Wildman–Crippen MR) is 76.5 cm³/mol. The molecule has 116 valence electrons. The van der Waals surface area contributed by atoms with Crippen molar-refractivity contribution in [3.8, 4) is 0 Å². The van der Waals surface area contributed by atoms with Gasteiger partial charge in [-0.3, -0.25) is 4.79 Å². The molecule has 0 aromatic heterocycles. The quantitative estimate of drug-likeness (QED) is 0.349. The van der Waals surface area contributed by atoms with E-state index < -0.39 is 0 Å². The zero-order chi connectivity index (χ0) is 15.1. The van der Waals surface area contributed by atoms with Crippen molar-refractivity contribution in [2.75, 3.05) is 46.1 Å². The summed E-state index contributed by atoms with van der Waals surface area (Å²) >= 11 is 0. The maximum atomic E-state index is 11.1. The lowest BCUT2D eigenvalue weighted by atomic mass is 10.4. The van der Waals surface area contributed by atoms with Gasteiger partial charge >= 0.3 is 6.03 Å². The molecule has 0 aromatic carbocycles. The van der Waals surface area contributed by atoms with E-state index in [1.807, 2.05) is 0 Å². The molecule has 0 heterocycles. The first-order valence-electron chi connectivity index (χ1n) is 6.75. The van der Waals surface area contributed by atoms with Crippen molar-refractivity contribution >= 4 is 11.9 Å². The van der Waals surface area contributed by atoms with E-state index in [4.69, 9.17) is 9.47 Å². The number of nitrogens with one attached hydrogen (secondary N) is 3. The van der Waals surface area contributed by atoms with Crippen LogP contribution in [0, 0.1) is 0 Å². The van der Waals surface area contributed by atoms with Crippen molar-refractivity contribution in [2.45, 2.75) is 13.3 Å². The van der Waals surface area contributed by atoms with Crippen LogP contribution in [-0.4, -0.2) is 58.0 Å². The summed E-state index contributed by atoms with van der Waals surface area (Å²) in [5.41, 5.74) is 0. The van der Waals surface area contributed by atoms with Crippen molar-refractivity contribution in [2.24, 2.45) is 0 Å².